The number of carbonyl (C=O) groups is 1. The zero-order valence-electron chi connectivity index (χ0n) is 21.7. The lowest BCUT2D eigenvalue weighted by atomic mass is 9.46. The summed E-state index contributed by atoms with van der Waals surface area (Å²) in [5, 5.41) is 20.9. The van der Waals surface area contributed by atoms with Gasteiger partial charge < -0.3 is 14.9 Å². The second kappa shape index (κ2) is 9.64. The Labute approximate surface area is 201 Å². The van der Waals surface area contributed by atoms with E-state index in [1.807, 2.05) is 0 Å². The van der Waals surface area contributed by atoms with E-state index < -0.39 is 6.10 Å². The van der Waals surface area contributed by atoms with Gasteiger partial charge in [0.05, 0.1) is 6.10 Å². The Balaban J connectivity index is 1.56. The first-order valence-electron chi connectivity index (χ1n) is 13.8. The number of hydrogen-bond acceptors (Lipinski definition) is 4. The van der Waals surface area contributed by atoms with Gasteiger partial charge in [0, 0.05) is 25.4 Å². The summed E-state index contributed by atoms with van der Waals surface area (Å²) in [5.41, 5.74) is 1.48. The highest BCUT2D eigenvalue weighted by atomic mass is 16.5. The Morgan fingerprint density at radius 3 is 2.61 bits per heavy atom. The summed E-state index contributed by atoms with van der Waals surface area (Å²) in [5.74, 6) is 3.36. The lowest BCUT2D eigenvalue weighted by Crippen LogP contribution is -2.56. The van der Waals surface area contributed by atoms with Gasteiger partial charge in [0.2, 0.25) is 0 Å². The number of esters is 1. The number of aliphatic hydroxyl groups excluding tert-OH is 2. The van der Waals surface area contributed by atoms with Gasteiger partial charge in [0.1, 0.15) is 6.10 Å². The van der Waals surface area contributed by atoms with Gasteiger partial charge in [0.25, 0.3) is 0 Å². The molecule has 0 aromatic heterocycles. The van der Waals surface area contributed by atoms with Crippen LogP contribution in [0.25, 0.3) is 0 Å². The van der Waals surface area contributed by atoms with Crippen LogP contribution in [-0.2, 0) is 9.53 Å². The first kappa shape index (κ1) is 25.2. The Kier molecular flexibility index (Phi) is 7.37. The maximum absolute atomic E-state index is 12.0. The van der Waals surface area contributed by atoms with Crippen molar-refractivity contribution in [2.45, 2.75) is 111 Å². The second-order valence-electron chi connectivity index (χ2n) is 12.8. The van der Waals surface area contributed by atoms with Crippen molar-refractivity contribution in [3.05, 3.63) is 11.6 Å². The van der Waals surface area contributed by atoms with Crippen molar-refractivity contribution in [1.29, 1.82) is 0 Å². The largest absolute Gasteiger partial charge is 0.462 e. The molecule has 2 N–H and O–H groups in total. The summed E-state index contributed by atoms with van der Waals surface area (Å²) in [4.78, 5) is 12.0. The minimum atomic E-state index is -0.411. The summed E-state index contributed by atoms with van der Waals surface area (Å²) in [7, 11) is 0. The molecule has 0 heterocycles. The molecule has 0 saturated heterocycles. The highest BCUT2D eigenvalue weighted by molar-refractivity contribution is 5.66. The summed E-state index contributed by atoms with van der Waals surface area (Å²) >= 11 is 0. The van der Waals surface area contributed by atoms with Crippen LogP contribution in [0.1, 0.15) is 98.8 Å². The van der Waals surface area contributed by atoms with Crippen LogP contribution in [0.5, 0.6) is 0 Å². The average Bonchev–Trinajstić information content (AvgIpc) is 3.09. The predicted molar refractivity (Wildman–Crippen MR) is 131 cm³/mol. The first-order chi connectivity index (χ1) is 15.6. The molecule has 0 bridgehead atoms. The van der Waals surface area contributed by atoms with Gasteiger partial charge in [-0.2, -0.15) is 0 Å². The van der Waals surface area contributed by atoms with Crippen molar-refractivity contribution in [2.75, 3.05) is 6.61 Å². The molecule has 33 heavy (non-hydrogen) atoms. The van der Waals surface area contributed by atoms with Crippen LogP contribution in [0.2, 0.25) is 0 Å². The average molecular weight is 461 g/mol. The summed E-state index contributed by atoms with van der Waals surface area (Å²) < 4.78 is 5.89. The first-order valence-corrected chi connectivity index (χ1v) is 13.8. The van der Waals surface area contributed by atoms with E-state index in [4.69, 9.17) is 4.74 Å². The van der Waals surface area contributed by atoms with Crippen LogP contribution in [0, 0.1) is 46.3 Å². The van der Waals surface area contributed by atoms with Gasteiger partial charge in [-0.05, 0) is 85.9 Å². The number of ether oxygens (including phenoxy) is 1. The predicted octanol–water partition coefficient (Wildman–Crippen LogP) is 5.90. The Bertz CT molecular complexity index is 744. The van der Waals surface area contributed by atoms with Gasteiger partial charge in [0.15, 0.2) is 0 Å². The number of aliphatic hydroxyl groups is 2. The van der Waals surface area contributed by atoms with E-state index in [2.05, 4.69) is 33.8 Å². The Morgan fingerprint density at radius 1 is 1.18 bits per heavy atom. The maximum atomic E-state index is 12.0. The van der Waals surface area contributed by atoms with E-state index >= 15 is 0 Å². The molecule has 4 nitrogen and oxygen atoms in total. The molecular weight excluding hydrogens is 412 g/mol. The molecule has 0 spiro atoms. The highest BCUT2D eigenvalue weighted by Crippen LogP contribution is 2.67. The minimum absolute atomic E-state index is 0.152. The van der Waals surface area contributed by atoms with Gasteiger partial charge in [-0.1, -0.05) is 52.2 Å². The molecule has 3 fully saturated rings. The smallest absolute Gasteiger partial charge is 0.302 e. The van der Waals surface area contributed by atoms with Crippen LogP contribution >= 0.6 is 0 Å². The van der Waals surface area contributed by atoms with Gasteiger partial charge >= 0.3 is 5.97 Å². The molecule has 4 aliphatic rings. The van der Waals surface area contributed by atoms with Crippen molar-refractivity contribution < 1.29 is 19.7 Å². The number of fused-ring (bicyclic) bond motifs is 5. The Morgan fingerprint density at radius 2 is 1.94 bits per heavy atom. The van der Waals surface area contributed by atoms with Gasteiger partial charge in [-0.3, -0.25) is 4.79 Å². The van der Waals surface area contributed by atoms with Gasteiger partial charge in [-0.15, -0.1) is 0 Å². The van der Waals surface area contributed by atoms with Gasteiger partial charge in [-0.25, -0.2) is 0 Å². The highest BCUT2D eigenvalue weighted by Gasteiger charge is 2.61. The van der Waals surface area contributed by atoms with Crippen LogP contribution in [0.4, 0.5) is 0 Å². The van der Waals surface area contributed by atoms with Crippen LogP contribution in [-0.4, -0.2) is 35.0 Å². The number of hydrogen-bond donors (Lipinski definition) is 2. The van der Waals surface area contributed by atoms with E-state index in [-0.39, 0.29) is 17.5 Å². The molecule has 4 rings (SSSR count). The van der Waals surface area contributed by atoms with Crippen molar-refractivity contribution in [3.63, 3.8) is 0 Å². The molecule has 3 saturated carbocycles. The monoisotopic (exact) mass is 460 g/mol. The van der Waals surface area contributed by atoms with E-state index in [9.17, 15) is 15.0 Å². The molecule has 4 heteroatoms. The molecule has 0 aromatic rings. The number of rotatable bonds is 7. The molecule has 0 amide bonds. The lowest BCUT2D eigenvalue weighted by Gasteiger charge is -2.60. The van der Waals surface area contributed by atoms with Crippen LogP contribution < -0.4 is 0 Å². The summed E-state index contributed by atoms with van der Waals surface area (Å²) in [6, 6.07) is 0. The molecule has 1 unspecified atom stereocenters. The van der Waals surface area contributed by atoms with Crippen molar-refractivity contribution >= 4 is 5.97 Å². The molecule has 188 valence electrons. The molecule has 0 aliphatic heterocycles. The zero-order chi connectivity index (χ0) is 24.0. The third kappa shape index (κ3) is 4.44. The molecule has 4 aliphatic carbocycles. The van der Waals surface area contributed by atoms with E-state index in [1.165, 1.54) is 51.0 Å². The normalized spacial score (nSPS) is 43.3. The van der Waals surface area contributed by atoms with Crippen LogP contribution in [0.15, 0.2) is 11.6 Å². The quantitative estimate of drug-likeness (QED) is 0.366. The van der Waals surface area contributed by atoms with E-state index in [1.54, 1.807) is 0 Å². The SMILES string of the molecule is CC(=O)OC1C[C@@H](O)CC2=CC[C@H]3[C@@H]4CC[C@H]([C@H](CO)CCCC(C)C)[C@]4(C)CC[C@@H]3[C@]21C. The standard InChI is InChI=1S/C29H48O4/c1-18(2)7-6-8-20(17-30)24-11-12-25-23-10-9-21-15-22(32)16-27(33-19(3)31)29(21,5)26(23)13-14-28(24,25)4/h9,18,20,22-27,30,32H,6-8,10-17H2,1-5H3/t20-,22-,23-,24+,25-,26-,27?,28-,29-/m0/s1. The van der Waals surface area contributed by atoms with E-state index in [0.717, 1.165) is 25.2 Å². The third-order valence-corrected chi connectivity index (χ3v) is 10.7. The molecule has 9 atom stereocenters. The van der Waals surface area contributed by atoms with Crippen LogP contribution in [0.3, 0.4) is 0 Å². The van der Waals surface area contributed by atoms with Crippen molar-refractivity contribution in [2.24, 2.45) is 46.3 Å². The Hall–Kier alpha value is -0.870. The zero-order valence-corrected chi connectivity index (χ0v) is 21.7. The van der Waals surface area contributed by atoms with E-state index in [0.29, 0.717) is 48.0 Å². The third-order valence-electron chi connectivity index (χ3n) is 10.7. The number of carbonyl (C=O) groups excluding carboxylic acids is 1. The lowest BCUT2D eigenvalue weighted by molar-refractivity contribution is -0.167. The summed E-state index contributed by atoms with van der Waals surface area (Å²) in [6.07, 6.45) is 12.7. The van der Waals surface area contributed by atoms with Crippen molar-refractivity contribution in [1.82, 2.24) is 0 Å². The molecule has 0 radical (unpaired) electrons. The van der Waals surface area contributed by atoms with Crippen molar-refractivity contribution in [3.8, 4) is 0 Å². The molecular formula is C29H48O4. The fourth-order valence-corrected chi connectivity index (χ4v) is 9.07. The second-order valence-corrected chi connectivity index (χ2v) is 12.8. The topological polar surface area (TPSA) is 66.8 Å². The fraction of sp³-hybridized carbons (Fsp3) is 0.897. The fourth-order valence-electron chi connectivity index (χ4n) is 9.07. The maximum Gasteiger partial charge on any atom is 0.302 e. The minimum Gasteiger partial charge on any atom is -0.462 e. The summed E-state index contributed by atoms with van der Waals surface area (Å²) in [6.45, 7) is 11.3. The molecule has 0 aromatic carbocycles. The number of allylic oxidation sites excluding steroid dienone is 1.